The molecule has 4 aliphatic carbocycles. The minimum atomic E-state index is -0.319. The van der Waals surface area contributed by atoms with E-state index in [1.165, 1.54) is 38.5 Å². The molecule has 4 heteroatoms. The highest BCUT2D eigenvalue weighted by atomic mass is 16.5. The van der Waals surface area contributed by atoms with Crippen molar-refractivity contribution in [1.82, 2.24) is 0 Å². The molecule has 0 aromatic rings. The second-order valence-corrected chi connectivity index (χ2v) is 7.69. The molecule has 4 saturated carbocycles. The Bertz CT molecular complexity index is 394. The Labute approximate surface area is 132 Å². The summed E-state index contributed by atoms with van der Waals surface area (Å²) in [5, 5.41) is 0. The summed E-state index contributed by atoms with van der Waals surface area (Å²) in [6.45, 7) is 2.65. The topological polar surface area (TPSA) is 52.6 Å². The highest BCUT2D eigenvalue weighted by Gasteiger charge is 2.50. The summed E-state index contributed by atoms with van der Waals surface area (Å²) < 4.78 is 10.2. The average molecular weight is 308 g/mol. The van der Waals surface area contributed by atoms with Crippen LogP contribution >= 0.6 is 0 Å². The van der Waals surface area contributed by atoms with E-state index in [9.17, 15) is 9.59 Å². The lowest BCUT2D eigenvalue weighted by atomic mass is 9.49. The van der Waals surface area contributed by atoms with E-state index in [-0.39, 0.29) is 24.8 Å². The Hall–Kier alpha value is -1.06. The molecule has 0 radical (unpaired) electrons. The van der Waals surface area contributed by atoms with E-state index >= 15 is 0 Å². The summed E-state index contributed by atoms with van der Waals surface area (Å²) in [6.07, 6.45) is 9.65. The number of ether oxygens (including phenoxy) is 2. The quantitative estimate of drug-likeness (QED) is 0.676. The lowest BCUT2D eigenvalue weighted by molar-refractivity contribution is -0.151. The third-order valence-electron chi connectivity index (χ3n) is 5.90. The standard InChI is InChI=1S/C18H28O4/c1-2-21-16(19)3-4-17(20)22-6-5-18-10-13-7-14(11-18)9-15(8-13)12-18/h13-15H,2-12H2,1H3. The van der Waals surface area contributed by atoms with Crippen LogP contribution in [0.15, 0.2) is 0 Å². The normalized spacial score (nSPS) is 35.4. The zero-order valence-corrected chi connectivity index (χ0v) is 13.6. The van der Waals surface area contributed by atoms with Crippen molar-refractivity contribution in [2.75, 3.05) is 13.2 Å². The van der Waals surface area contributed by atoms with Gasteiger partial charge in [0.2, 0.25) is 0 Å². The van der Waals surface area contributed by atoms with Gasteiger partial charge in [0.1, 0.15) is 0 Å². The van der Waals surface area contributed by atoms with Crippen LogP contribution in [0.1, 0.15) is 64.7 Å². The van der Waals surface area contributed by atoms with Gasteiger partial charge >= 0.3 is 11.9 Å². The summed E-state index contributed by atoms with van der Waals surface area (Å²) in [5.74, 6) is 2.22. The van der Waals surface area contributed by atoms with Crippen molar-refractivity contribution in [3.05, 3.63) is 0 Å². The smallest absolute Gasteiger partial charge is 0.306 e. The molecule has 0 aliphatic heterocycles. The fourth-order valence-corrected chi connectivity index (χ4v) is 5.49. The third-order valence-corrected chi connectivity index (χ3v) is 5.90. The van der Waals surface area contributed by atoms with E-state index < -0.39 is 0 Å². The molecule has 0 N–H and O–H groups in total. The van der Waals surface area contributed by atoms with E-state index in [1.807, 2.05) is 0 Å². The predicted octanol–water partition coefficient (Wildman–Crippen LogP) is 3.48. The molecule has 0 amide bonds. The van der Waals surface area contributed by atoms with E-state index in [1.54, 1.807) is 6.92 Å². The molecule has 0 aromatic carbocycles. The monoisotopic (exact) mass is 308 g/mol. The maximum absolute atomic E-state index is 11.7. The fourth-order valence-electron chi connectivity index (χ4n) is 5.49. The lowest BCUT2D eigenvalue weighted by Crippen LogP contribution is -2.46. The van der Waals surface area contributed by atoms with E-state index in [0.717, 1.165) is 24.2 Å². The molecule has 22 heavy (non-hydrogen) atoms. The van der Waals surface area contributed by atoms with Gasteiger partial charge in [-0.2, -0.15) is 0 Å². The molecule has 0 saturated heterocycles. The third kappa shape index (κ3) is 3.64. The van der Waals surface area contributed by atoms with Gasteiger partial charge in [-0.3, -0.25) is 9.59 Å². The van der Waals surface area contributed by atoms with Gasteiger partial charge in [0.05, 0.1) is 26.1 Å². The second-order valence-electron chi connectivity index (χ2n) is 7.69. The molecule has 4 aliphatic rings. The minimum absolute atomic E-state index is 0.129. The van der Waals surface area contributed by atoms with Gasteiger partial charge in [0.15, 0.2) is 0 Å². The van der Waals surface area contributed by atoms with Crippen molar-refractivity contribution < 1.29 is 19.1 Å². The highest BCUT2D eigenvalue weighted by Crippen LogP contribution is 2.61. The zero-order valence-electron chi connectivity index (χ0n) is 13.6. The Balaban J connectivity index is 1.38. The number of carbonyl (C=O) groups excluding carboxylic acids is 2. The number of esters is 2. The van der Waals surface area contributed by atoms with Crippen LogP contribution in [0.5, 0.6) is 0 Å². The summed E-state index contributed by atoms with van der Waals surface area (Å²) in [6, 6.07) is 0. The van der Waals surface area contributed by atoms with Crippen molar-refractivity contribution in [2.24, 2.45) is 23.2 Å². The Morgan fingerprint density at radius 3 is 1.91 bits per heavy atom. The largest absolute Gasteiger partial charge is 0.466 e. The number of rotatable bonds is 7. The van der Waals surface area contributed by atoms with Crippen molar-refractivity contribution in [3.63, 3.8) is 0 Å². The van der Waals surface area contributed by atoms with Crippen molar-refractivity contribution in [3.8, 4) is 0 Å². The van der Waals surface area contributed by atoms with Crippen LogP contribution in [0.25, 0.3) is 0 Å². The van der Waals surface area contributed by atoms with Crippen molar-refractivity contribution in [2.45, 2.75) is 64.7 Å². The summed E-state index contributed by atoms with van der Waals surface area (Å²) >= 11 is 0. The molecule has 0 aromatic heterocycles. The Morgan fingerprint density at radius 1 is 0.909 bits per heavy atom. The first-order chi connectivity index (χ1) is 10.6. The van der Waals surface area contributed by atoms with Gasteiger partial charge in [0.25, 0.3) is 0 Å². The van der Waals surface area contributed by atoms with Crippen LogP contribution in [0.3, 0.4) is 0 Å². The van der Waals surface area contributed by atoms with Crippen molar-refractivity contribution in [1.29, 1.82) is 0 Å². The van der Waals surface area contributed by atoms with Crippen LogP contribution in [0.4, 0.5) is 0 Å². The van der Waals surface area contributed by atoms with Crippen LogP contribution in [0.2, 0.25) is 0 Å². The number of hydrogen-bond acceptors (Lipinski definition) is 4. The van der Waals surface area contributed by atoms with Crippen LogP contribution in [0, 0.1) is 23.2 Å². The number of carbonyl (C=O) groups is 2. The minimum Gasteiger partial charge on any atom is -0.466 e. The number of hydrogen-bond donors (Lipinski definition) is 0. The van der Waals surface area contributed by atoms with Gasteiger partial charge in [0, 0.05) is 0 Å². The van der Waals surface area contributed by atoms with Gasteiger partial charge in [-0.05, 0) is 75.0 Å². The summed E-state index contributed by atoms with van der Waals surface area (Å²) in [5.41, 5.74) is 0.455. The molecule has 124 valence electrons. The predicted molar refractivity (Wildman–Crippen MR) is 82.0 cm³/mol. The first kappa shape index (κ1) is 15.8. The molecule has 4 nitrogen and oxygen atoms in total. The van der Waals surface area contributed by atoms with Crippen molar-refractivity contribution >= 4 is 11.9 Å². The molecule has 0 unspecified atom stereocenters. The van der Waals surface area contributed by atoms with Crippen LogP contribution in [-0.4, -0.2) is 25.2 Å². The van der Waals surface area contributed by atoms with E-state index in [0.29, 0.717) is 18.6 Å². The molecular weight excluding hydrogens is 280 g/mol. The highest BCUT2D eigenvalue weighted by molar-refractivity contribution is 5.77. The van der Waals surface area contributed by atoms with Gasteiger partial charge in [-0.1, -0.05) is 0 Å². The summed E-state index contributed by atoms with van der Waals surface area (Å²) in [4.78, 5) is 22.9. The fraction of sp³-hybridized carbons (Fsp3) is 0.889. The first-order valence-electron chi connectivity index (χ1n) is 8.90. The van der Waals surface area contributed by atoms with Gasteiger partial charge < -0.3 is 9.47 Å². The maximum atomic E-state index is 11.7. The molecular formula is C18H28O4. The van der Waals surface area contributed by atoms with Gasteiger partial charge in [-0.25, -0.2) is 0 Å². The first-order valence-corrected chi connectivity index (χ1v) is 8.90. The SMILES string of the molecule is CCOC(=O)CCC(=O)OCCC12CC3CC(CC(C3)C1)C2. The molecule has 4 rings (SSSR count). The molecule has 4 bridgehead atoms. The van der Waals surface area contributed by atoms with Gasteiger partial charge in [-0.15, -0.1) is 0 Å². The average Bonchev–Trinajstić information content (AvgIpc) is 2.44. The Kier molecular flexibility index (Phi) is 4.74. The van der Waals surface area contributed by atoms with Crippen LogP contribution in [-0.2, 0) is 19.1 Å². The summed E-state index contributed by atoms with van der Waals surface area (Å²) in [7, 11) is 0. The zero-order chi connectivity index (χ0) is 15.6. The van der Waals surface area contributed by atoms with Crippen LogP contribution < -0.4 is 0 Å². The molecule has 4 fully saturated rings. The molecule has 0 spiro atoms. The van der Waals surface area contributed by atoms with E-state index in [4.69, 9.17) is 9.47 Å². The molecule has 0 atom stereocenters. The lowest BCUT2D eigenvalue weighted by Gasteiger charge is -2.57. The van der Waals surface area contributed by atoms with E-state index in [2.05, 4.69) is 0 Å². The molecule has 0 heterocycles. The Morgan fingerprint density at radius 2 is 1.41 bits per heavy atom. The maximum Gasteiger partial charge on any atom is 0.306 e. The second kappa shape index (κ2) is 6.59.